The number of hydrogen-bond donors (Lipinski definition) is 1. The molecule has 4 rings (SSSR count). The molecule has 3 aromatic rings. The molecule has 0 radical (unpaired) electrons. The predicted octanol–water partition coefficient (Wildman–Crippen LogP) is 4.77. The summed E-state index contributed by atoms with van der Waals surface area (Å²) in [5, 5.41) is 3.99. The van der Waals surface area contributed by atoms with Gasteiger partial charge < -0.3 is 14.2 Å². The minimum Gasteiger partial charge on any atom is -0.423 e. The molecular weight excluding hydrogens is 386 g/mol. The van der Waals surface area contributed by atoms with Crippen LogP contribution in [0, 0.1) is 0 Å². The second-order valence-electron chi connectivity index (χ2n) is 7.29. The van der Waals surface area contributed by atoms with Gasteiger partial charge in [0, 0.05) is 23.8 Å². The van der Waals surface area contributed by atoms with Crippen molar-refractivity contribution in [3.63, 3.8) is 0 Å². The molecule has 1 unspecified atom stereocenters. The van der Waals surface area contributed by atoms with Crippen LogP contribution in [0.1, 0.15) is 18.5 Å². The zero-order chi connectivity index (χ0) is 20.4. The molecule has 1 aliphatic rings. The van der Waals surface area contributed by atoms with Crippen molar-refractivity contribution >= 4 is 34.7 Å². The zero-order valence-electron chi connectivity index (χ0n) is 16.8. The van der Waals surface area contributed by atoms with Crippen LogP contribution in [0.5, 0.6) is 0 Å². The van der Waals surface area contributed by atoms with E-state index in [2.05, 4.69) is 47.2 Å². The van der Waals surface area contributed by atoms with Gasteiger partial charge in [0.25, 0.3) is 0 Å². The standard InChI is InChI=1S/C22H24ClN5O/c1-15-14-19(16-8-4-5-9-17(16)23)24-21(28(15)13-12-27(2)3)26-22-25-18-10-6-7-11-20(18)29-22/h4-11,14,19H,12-13H2,1-3H3,(H,24,25,26). The van der Waals surface area contributed by atoms with Gasteiger partial charge in [-0.25, -0.2) is 4.99 Å². The van der Waals surface area contributed by atoms with Gasteiger partial charge in [0.2, 0.25) is 5.96 Å². The maximum absolute atomic E-state index is 6.44. The van der Waals surface area contributed by atoms with Gasteiger partial charge in [-0.1, -0.05) is 41.9 Å². The maximum atomic E-state index is 6.44. The molecule has 1 atom stereocenters. The number of aliphatic imine (C=N–C) groups is 1. The molecule has 1 aliphatic heterocycles. The Labute approximate surface area is 175 Å². The van der Waals surface area contributed by atoms with Gasteiger partial charge in [0.15, 0.2) is 5.58 Å². The number of hydrogen-bond acceptors (Lipinski definition) is 6. The Morgan fingerprint density at radius 3 is 2.66 bits per heavy atom. The fourth-order valence-corrected chi connectivity index (χ4v) is 3.55. The van der Waals surface area contributed by atoms with E-state index >= 15 is 0 Å². The third kappa shape index (κ3) is 4.28. The molecule has 1 aromatic heterocycles. The SMILES string of the molecule is CC1=CC(c2ccccc2Cl)N=C(Nc2nc3ccccc3o2)N1CCN(C)C. The molecule has 0 fully saturated rings. The molecular formula is C22H24ClN5O. The number of allylic oxidation sites excluding steroid dienone is 1. The zero-order valence-corrected chi connectivity index (χ0v) is 17.5. The summed E-state index contributed by atoms with van der Waals surface area (Å²) < 4.78 is 5.86. The van der Waals surface area contributed by atoms with E-state index in [1.165, 1.54) is 0 Å². The Balaban J connectivity index is 1.68. The fraction of sp³-hybridized carbons (Fsp3) is 0.273. The lowest BCUT2D eigenvalue weighted by atomic mass is 10.0. The van der Waals surface area contributed by atoms with E-state index in [0.717, 1.165) is 35.4 Å². The van der Waals surface area contributed by atoms with Crippen LogP contribution < -0.4 is 5.32 Å². The highest BCUT2D eigenvalue weighted by Crippen LogP contribution is 2.31. The van der Waals surface area contributed by atoms with Crippen LogP contribution in [0.25, 0.3) is 11.1 Å². The lowest BCUT2D eigenvalue weighted by Gasteiger charge is -2.32. The Kier molecular flexibility index (Phi) is 5.56. The average molecular weight is 410 g/mol. The van der Waals surface area contributed by atoms with Crippen molar-refractivity contribution in [2.45, 2.75) is 13.0 Å². The number of benzene rings is 2. The number of guanidine groups is 1. The van der Waals surface area contributed by atoms with Crippen LogP contribution in [-0.2, 0) is 0 Å². The van der Waals surface area contributed by atoms with Gasteiger partial charge in [0.05, 0.1) is 0 Å². The van der Waals surface area contributed by atoms with Gasteiger partial charge >= 0.3 is 6.01 Å². The predicted molar refractivity (Wildman–Crippen MR) is 118 cm³/mol. The number of oxazole rings is 1. The van der Waals surface area contributed by atoms with Crippen LogP contribution in [0.4, 0.5) is 6.01 Å². The largest absolute Gasteiger partial charge is 0.423 e. The van der Waals surface area contributed by atoms with E-state index in [4.69, 9.17) is 21.0 Å². The average Bonchev–Trinajstić information content (AvgIpc) is 3.09. The van der Waals surface area contributed by atoms with Crippen LogP contribution in [0.2, 0.25) is 5.02 Å². The summed E-state index contributed by atoms with van der Waals surface area (Å²) in [6.07, 6.45) is 2.13. The Morgan fingerprint density at radius 1 is 1.14 bits per heavy atom. The molecule has 2 aromatic carbocycles. The number of aromatic nitrogens is 1. The van der Waals surface area contributed by atoms with E-state index in [1.54, 1.807) is 0 Å². The van der Waals surface area contributed by atoms with E-state index in [1.807, 2.05) is 48.5 Å². The van der Waals surface area contributed by atoms with E-state index in [0.29, 0.717) is 17.0 Å². The molecule has 29 heavy (non-hydrogen) atoms. The monoisotopic (exact) mass is 409 g/mol. The van der Waals surface area contributed by atoms with Gasteiger partial charge in [-0.2, -0.15) is 4.98 Å². The van der Waals surface area contributed by atoms with Gasteiger partial charge in [-0.3, -0.25) is 5.32 Å². The molecule has 150 valence electrons. The van der Waals surface area contributed by atoms with Gasteiger partial charge in [0.1, 0.15) is 11.6 Å². The minimum atomic E-state index is -0.175. The Morgan fingerprint density at radius 2 is 1.90 bits per heavy atom. The van der Waals surface area contributed by atoms with Crippen molar-refractivity contribution in [1.82, 2.24) is 14.8 Å². The number of nitrogens with zero attached hydrogens (tertiary/aromatic N) is 4. The van der Waals surface area contributed by atoms with Crippen molar-refractivity contribution in [3.05, 3.63) is 70.9 Å². The maximum Gasteiger partial charge on any atom is 0.302 e. The molecule has 0 aliphatic carbocycles. The number of rotatable bonds is 5. The number of fused-ring (bicyclic) bond motifs is 1. The van der Waals surface area contributed by atoms with E-state index in [9.17, 15) is 0 Å². The van der Waals surface area contributed by atoms with Crippen LogP contribution in [0.3, 0.4) is 0 Å². The van der Waals surface area contributed by atoms with E-state index in [-0.39, 0.29) is 6.04 Å². The lowest BCUT2D eigenvalue weighted by molar-refractivity contribution is 0.355. The molecule has 7 heteroatoms. The highest BCUT2D eigenvalue weighted by atomic mass is 35.5. The quantitative estimate of drug-likeness (QED) is 0.657. The van der Waals surface area contributed by atoms with Crippen molar-refractivity contribution < 1.29 is 4.42 Å². The number of nitrogens with one attached hydrogen (secondary N) is 1. The second kappa shape index (κ2) is 8.27. The molecule has 6 nitrogen and oxygen atoms in total. The lowest BCUT2D eigenvalue weighted by Crippen LogP contribution is -2.41. The first kappa shape index (κ1) is 19.5. The summed E-state index contributed by atoms with van der Waals surface area (Å²) in [7, 11) is 4.11. The summed E-state index contributed by atoms with van der Waals surface area (Å²) in [6.45, 7) is 3.76. The number of para-hydroxylation sites is 2. The molecule has 0 bridgehead atoms. The third-order valence-corrected chi connectivity index (χ3v) is 5.19. The smallest absolute Gasteiger partial charge is 0.302 e. The van der Waals surface area contributed by atoms with Crippen molar-refractivity contribution in [1.29, 1.82) is 0 Å². The summed E-state index contributed by atoms with van der Waals surface area (Å²) in [4.78, 5) is 13.8. The normalized spacial score (nSPS) is 16.9. The van der Waals surface area contributed by atoms with Crippen molar-refractivity contribution in [2.24, 2.45) is 4.99 Å². The molecule has 2 heterocycles. The highest BCUT2D eigenvalue weighted by Gasteiger charge is 2.24. The summed E-state index contributed by atoms with van der Waals surface area (Å²) in [5.41, 5.74) is 3.62. The van der Waals surface area contributed by atoms with Gasteiger partial charge in [-0.15, -0.1) is 0 Å². The number of halogens is 1. The van der Waals surface area contributed by atoms with E-state index < -0.39 is 0 Å². The number of anilines is 1. The number of likely N-dealkylation sites (N-methyl/N-ethyl adjacent to an activating group) is 1. The Bertz CT molecular complexity index is 1040. The fourth-order valence-electron chi connectivity index (χ4n) is 3.30. The Hall–Kier alpha value is -2.83. The molecule has 0 saturated carbocycles. The van der Waals surface area contributed by atoms with Gasteiger partial charge in [-0.05, 0) is 50.9 Å². The second-order valence-corrected chi connectivity index (χ2v) is 7.70. The van der Waals surface area contributed by atoms with Crippen molar-refractivity contribution in [2.75, 3.05) is 32.5 Å². The summed E-state index contributed by atoms with van der Waals surface area (Å²) in [6, 6.07) is 15.7. The molecule has 0 amide bonds. The molecule has 0 saturated heterocycles. The summed E-state index contributed by atoms with van der Waals surface area (Å²) in [5.74, 6) is 0.698. The van der Waals surface area contributed by atoms with Crippen LogP contribution in [0.15, 0.2) is 69.7 Å². The van der Waals surface area contributed by atoms with Crippen LogP contribution in [-0.4, -0.2) is 47.9 Å². The third-order valence-electron chi connectivity index (χ3n) is 4.85. The first-order chi connectivity index (χ1) is 14.0. The minimum absolute atomic E-state index is 0.175. The van der Waals surface area contributed by atoms with Crippen LogP contribution >= 0.6 is 11.6 Å². The molecule has 1 N–H and O–H groups in total. The summed E-state index contributed by atoms with van der Waals surface area (Å²) >= 11 is 6.44. The van der Waals surface area contributed by atoms with Crippen molar-refractivity contribution in [3.8, 4) is 0 Å². The topological polar surface area (TPSA) is 56.9 Å². The first-order valence-electron chi connectivity index (χ1n) is 9.57. The first-order valence-corrected chi connectivity index (χ1v) is 9.94. The highest BCUT2D eigenvalue weighted by molar-refractivity contribution is 6.31. The molecule has 0 spiro atoms.